The molecule has 0 heterocycles. The van der Waals surface area contributed by atoms with Crippen molar-refractivity contribution in [2.45, 2.75) is 6.04 Å². The van der Waals surface area contributed by atoms with Crippen LogP contribution in [-0.2, 0) is 19.1 Å². The van der Waals surface area contributed by atoms with Crippen LogP contribution in [0.5, 0.6) is 0 Å². The number of hydrogen-bond donors (Lipinski definition) is 0. The first-order chi connectivity index (χ1) is 5.26. The average molecular weight is 159 g/mol. The zero-order valence-electron chi connectivity index (χ0n) is 6.36. The van der Waals surface area contributed by atoms with E-state index in [2.05, 4.69) is 14.5 Å². The molecule has 0 unspecified atom stereocenters. The number of ether oxygens (including phenoxy) is 2. The highest BCUT2D eigenvalue weighted by Crippen LogP contribution is 1.93. The van der Waals surface area contributed by atoms with Crippen molar-refractivity contribution in [3.8, 4) is 0 Å². The lowest BCUT2D eigenvalue weighted by Crippen LogP contribution is -2.24. The van der Waals surface area contributed by atoms with E-state index in [1.165, 1.54) is 20.3 Å². The lowest BCUT2D eigenvalue weighted by atomic mass is 10.3. The van der Waals surface area contributed by atoms with Crippen molar-refractivity contribution >= 4 is 12.0 Å². The second-order valence-corrected chi connectivity index (χ2v) is 1.71. The van der Waals surface area contributed by atoms with Crippen molar-refractivity contribution in [1.82, 2.24) is 0 Å². The van der Waals surface area contributed by atoms with Crippen molar-refractivity contribution in [1.29, 1.82) is 0 Å². The Morgan fingerprint density at radius 2 is 2.27 bits per heavy atom. The third kappa shape index (κ3) is 3.50. The molecular weight excluding hydrogens is 150 g/mol. The molecule has 0 rings (SSSR count). The van der Waals surface area contributed by atoms with Gasteiger partial charge in [-0.25, -0.2) is 9.59 Å². The van der Waals surface area contributed by atoms with Gasteiger partial charge in [0.15, 0.2) is 6.04 Å². The van der Waals surface area contributed by atoms with Crippen molar-refractivity contribution in [3.05, 3.63) is 0 Å². The summed E-state index contributed by atoms with van der Waals surface area (Å²) < 4.78 is 8.93. The number of rotatable bonds is 4. The summed E-state index contributed by atoms with van der Waals surface area (Å²) in [5.41, 5.74) is 0. The summed E-state index contributed by atoms with van der Waals surface area (Å²) in [7, 11) is 2.61. The molecule has 0 radical (unpaired) electrons. The highest BCUT2D eigenvalue weighted by atomic mass is 16.5. The molecule has 0 saturated heterocycles. The number of methoxy groups -OCH3 is 2. The molecule has 0 fully saturated rings. The van der Waals surface area contributed by atoms with Crippen molar-refractivity contribution < 1.29 is 19.1 Å². The van der Waals surface area contributed by atoms with E-state index in [-0.39, 0.29) is 6.61 Å². The van der Waals surface area contributed by atoms with E-state index >= 15 is 0 Å². The molecule has 0 bridgehead atoms. The summed E-state index contributed by atoms with van der Waals surface area (Å²) >= 11 is 0. The van der Waals surface area contributed by atoms with Crippen LogP contribution in [0.1, 0.15) is 0 Å². The molecule has 0 aromatic heterocycles. The van der Waals surface area contributed by atoms with Gasteiger partial charge in [0.2, 0.25) is 6.08 Å². The van der Waals surface area contributed by atoms with Crippen LogP contribution < -0.4 is 0 Å². The van der Waals surface area contributed by atoms with Gasteiger partial charge in [0.05, 0.1) is 13.7 Å². The fourth-order valence-corrected chi connectivity index (χ4v) is 0.516. The Kier molecular flexibility index (Phi) is 4.98. The molecule has 62 valence electrons. The van der Waals surface area contributed by atoms with E-state index in [1.54, 1.807) is 0 Å². The van der Waals surface area contributed by atoms with Gasteiger partial charge in [-0.15, -0.1) is 0 Å². The summed E-state index contributed by atoms with van der Waals surface area (Å²) in [6, 6.07) is -0.887. The van der Waals surface area contributed by atoms with Gasteiger partial charge in [0.25, 0.3) is 0 Å². The molecule has 11 heavy (non-hydrogen) atoms. The summed E-state index contributed by atoms with van der Waals surface area (Å²) in [5.74, 6) is -0.602. The van der Waals surface area contributed by atoms with E-state index in [4.69, 9.17) is 0 Å². The molecule has 0 aromatic carbocycles. The highest BCUT2D eigenvalue weighted by molar-refractivity contribution is 5.76. The Morgan fingerprint density at radius 1 is 1.64 bits per heavy atom. The first kappa shape index (κ1) is 9.81. The Labute approximate surface area is 64.0 Å². The van der Waals surface area contributed by atoms with Gasteiger partial charge in [0.1, 0.15) is 0 Å². The number of carbonyl (C=O) groups is 1. The van der Waals surface area contributed by atoms with E-state index in [1.807, 2.05) is 0 Å². The molecule has 5 heteroatoms. The molecule has 0 N–H and O–H groups in total. The van der Waals surface area contributed by atoms with Crippen LogP contribution in [0, 0.1) is 0 Å². The first-order valence-corrected chi connectivity index (χ1v) is 2.90. The van der Waals surface area contributed by atoms with Gasteiger partial charge < -0.3 is 9.47 Å². The molecule has 0 spiro atoms. The Balaban J connectivity index is 4.08. The number of esters is 1. The molecule has 0 saturated carbocycles. The molecule has 0 amide bonds. The molecule has 0 aliphatic rings. The minimum Gasteiger partial charge on any atom is -0.467 e. The molecule has 1 atom stereocenters. The molecule has 0 aliphatic carbocycles. The van der Waals surface area contributed by atoms with Crippen LogP contribution >= 0.6 is 0 Å². The lowest BCUT2D eigenvalue weighted by Gasteiger charge is -2.05. The summed E-state index contributed by atoms with van der Waals surface area (Å²) in [6.45, 7) is 0.0297. The Hall–Kier alpha value is -1.19. The topological polar surface area (TPSA) is 65.0 Å². The summed E-state index contributed by atoms with van der Waals surface area (Å²) in [6.07, 6.45) is 1.26. The second-order valence-electron chi connectivity index (χ2n) is 1.71. The predicted molar refractivity (Wildman–Crippen MR) is 35.8 cm³/mol. The predicted octanol–water partition coefficient (Wildman–Crippen LogP) is -0.490. The number of isocyanates is 1. The molecular formula is C6H9NO4. The van der Waals surface area contributed by atoms with Crippen LogP contribution in [0.15, 0.2) is 4.99 Å². The van der Waals surface area contributed by atoms with Crippen molar-refractivity contribution in [2.24, 2.45) is 4.99 Å². The van der Waals surface area contributed by atoms with Crippen LogP contribution in [0.3, 0.4) is 0 Å². The quantitative estimate of drug-likeness (QED) is 0.315. The maximum Gasteiger partial charge on any atom is 0.333 e. The van der Waals surface area contributed by atoms with Crippen LogP contribution in [0.25, 0.3) is 0 Å². The monoisotopic (exact) mass is 159 g/mol. The number of hydrogen-bond acceptors (Lipinski definition) is 5. The third-order valence-corrected chi connectivity index (χ3v) is 1.01. The Bertz CT molecular complexity index is 173. The van der Waals surface area contributed by atoms with Gasteiger partial charge in [-0.3, -0.25) is 0 Å². The summed E-state index contributed by atoms with van der Waals surface area (Å²) in [4.78, 5) is 23.7. The van der Waals surface area contributed by atoms with Gasteiger partial charge in [-0.05, 0) is 0 Å². The maximum absolute atomic E-state index is 10.7. The average Bonchev–Trinajstić information content (AvgIpc) is 2.03. The van der Waals surface area contributed by atoms with Gasteiger partial charge in [-0.2, -0.15) is 4.99 Å². The fraction of sp³-hybridized carbons (Fsp3) is 0.667. The molecule has 5 nitrogen and oxygen atoms in total. The van der Waals surface area contributed by atoms with E-state index in [0.717, 1.165) is 0 Å². The smallest absolute Gasteiger partial charge is 0.333 e. The second kappa shape index (κ2) is 5.58. The first-order valence-electron chi connectivity index (χ1n) is 2.90. The minimum absolute atomic E-state index is 0.0297. The maximum atomic E-state index is 10.7. The van der Waals surface area contributed by atoms with Crippen molar-refractivity contribution in [2.75, 3.05) is 20.8 Å². The normalized spacial score (nSPS) is 11.5. The van der Waals surface area contributed by atoms with E-state index in [0.29, 0.717) is 0 Å². The standard InChI is InChI=1S/C6H9NO4/c1-10-3-5(7-4-8)6(9)11-2/h5H,3H2,1-2H3/t5-/m0/s1. The van der Waals surface area contributed by atoms with Crippen molar-refractivity contribution in [3.63, 3.8) is 0 Å². The van der Waals surface area contributed by atoms with Gasteiger partial charge >= 0.3 is 5.97 Å². The number of nitrogens with zero attached hydrogens (tertiary/aromatic N) is 1. The number of aliphatic imine (C=N–C) groups is 1. The van der Waals surface area contributed by atoms with E-state index < -0.39 is 12.0 Å². The zero-order valence-corrected chi connectivity index (χ0v) is 6.36. The van der Waals surface area contributed by atoms with Crippen LogP contribution in [0.2, 0.25) is 0 Å². The SMILES string of the molecule is COC[C@H](N=C=O)C(=O)OC. The summed E-state index contributed by atoms with van der Waals surface area (Å²) in [5, 5.41) is 0. The third-order valence-electron chi connectivity index (χ3n) is 1.01. The van der Waals surface area contributed by atoms with Crippen LogP contribution in [-0.4, -0.2) is 38.9 Å². The zero-order chi connectivity index (χ0) is 8.69. The number of carbonyl (C=O) groups excluding carboxylic acids is 2. The van der Waals surface area contributed by atoms with Gasteiger partial charge in [0, 0.05) is 7.11 Å². The van der Waals surface area contributed by atoms with Gasteiger partial charge in [-0.1, -0.05) is 0 Å². The van der Waals surface area contributed by atoms with E-state index in [9.17, 15) is 9.59 Å². The fourth-order valence-electron chi connectivity index (χ4n) is 0.516. The minimum atomic E-state index is -0.887. The Morgan fingerprint density at radius 3 is 2.64 bits per heavy atom. The van der Waals surface area contributed by atoms with Crippen LogP contribution in [0.4, 0.5) is 0 Å². The lowest BCUT2D eigenvalue weighted by molar-refractivity contribution is -0.143. The largest absolute Gasteiger partial charge is 0.467 e. The highest BCUT2D eigenvalue weighted by Gasteiger charge is 2.17. The molecule has 0 aliphatic heterocycles. The molecule has 0 aromatic rings.